The summed E-state index contributed by atoms with van der Waals surface area (Å²) in [5.74, 6) is 1.81. The van der Waals surface area contributed by atoms with Gasteiger partial charge in [-0.2, -0.15) is 0 Å². The van der Waals surface area contributed by atoms with Gasteiger partial charge in [0.25, 0.3) is 0 Å². The van der Waals surface area contributed by atoms with E-state index in [1.54, 1.807) is 0 Å². The summed E-state index contributed by atoms with van der Waals surface area (Å²) in [6.45, 7) is 7.45. The summed E-state index contributed by atoms with van der Waals surface area (Å²) in [5, 5.41) is 3.41. The van der Waals surface area contributed by atoms with Gasteiger partial charge < -0.3 is 14.8 Å². The lowest BCUT2D eigenvalue weighted by atomic mass is 10.2. The minimum absolute atomic E-state index is 0.180. The molecule has 0 radical (unpaired) electrons. The molecule has 3 nitrogen and oxygen atoms in total. The predicted octanol–water partition coefficient (Wildman–Crippen LogP) is 4.48. The number of hydrogen-bond donors (Lipinski definition) is 1. The molecule has 0 aliphatic carbocycles. The van der Waals surface area contributed by atoms with Crippen LogP contribution in [0.2, 0.25) is 0 Å². The highest BCUT2D eigenvalue weighted by molar-refractivity contribution is 5.49. The van der Waals surface area contributed by atoms with Crippen molar-refractivity contribution in [2.75, 3.05) is 11.9 Å². The molecule has 3 heteroatoms. The van der Waals surface area contributed by atoms with E-state index in [-0.39, 0.29) is 6.10 Å². The number of ether oxygens (including phenoxy) is 2. The lowest BCUT2D eigenvalue weighted by Crippen LogP contribution is -2.06. The Labute approximate surface area is 126 Å². The van der Waals surface area contributed by atoms with Crippen LogP contribution in [0.1, 0.15) is 26.3 Å². The molecule has 2 aromatic carbocycles. The summed E-state index contributed by atoms with van der Waals surface area (Å²) >= 11 is 0. The molecule has 0 amide bonds. The number of para-hydroxylation sites is 1. The lowest BCUT2D eigenvalue weighted by Gasteiger charge is -2.13. The monoisotopic (exact) mass is 285 g/mol. The molecule has 0 atom stereocenters. The quantitative estimate of drug-likeness (QED) is 0.813. The second kappa shape index (κ2) is 7.58. The summed E-state index contributed by atoms with van der Waals surface area (Å²) in [6, 6.07) is 16.1. The van der Waals surface area contributed by atoms with E-state index in [0.29, 0.717) is 6.61 Å². The van der Waals surface area contributed by atoms with Gasteiger partial charge in [-0.05, 0) is 39.0 Å². The van der Waals surface area contributed by atoms with Crippen molar-refractivity contribution in [3.63, 3.8) is 0 Å². The van der Waals surface area contributed by atoms with Gasteiger partial charge in [-0.15, -0.1) is 0 Å². The van der Waals surface area contributed by atoms with E-state index in [9.17, 15) is 0 Å². The zero-order valence-corrected chi connectivity index (χ0v) is 12.9. The van der Waals surface area contributed by atoms with Crippen LogP contribution in [0.15, 0.2) is 48.5 Å². The lowest BCUT2D eigenvalue weighted by molar-refractivity contribution is 0.242. The predicted molar refractivity (Wildman–Crippen MR) is 87.1 cm³/mol. The van der Waals surface area contributed by atoms with Crippen LogP contribution in [0.25, 0.3) is 0 Å². The van der Waals surface area contributed by atoms with E-state index in [2.05, 4.69) is 11.4 Å². The van der Waals surface area contributed by atoms with Gasteiger partial charge in [0.05, 0.1) is 12.7 Å². The van der Waals surface area contributed by atoms with Crippen molar-refractivity contribution < 1.29 is 9.47 Å². The zero-order valence-electron chi connectivity index (χ0n) is 12.9. The number of benzene rings is 2. The number of hydrogen-bond acceptors (Lipinski definition) is 3. The van der Waals surface area contributed by atoms with E-state index >= 15 is 0 Å². The molecule has 2 rings (SSSR count). The minimum Gasteiger partial charge on any atom is -0.494 e. The van der Waals surface area contributed by atoms with Crippen molar-refractivity contribution in [3.05, 3.63) is 54.1 Å². The van der Waals surface area contributed by atoms with Crippen LogP contribution in [-0.2, 0) is 6.54 Å². The van der Waals surface area contributed by atoms with E-state index < -0.39 is 0 Å². The van der Waals surface area contributed by atoms with Gasteiger partial charge in [-0.3, -0.25) is 0 Å². The topological polar surface area (TPSA) is 30.5 Å². The molecule has 0 bridgehead atoms. The van der Waals surface area contributed by atoms with Gasteiger partial charge in [-0.25, -0.2) is 0 Å². The molecule has 112 valence electrons. The fraction of sp³-hybridized carbons (Fsp3) is 0.333. The first-order valence-electron chi connectivity index (χ1n) is 7.40. The summed E-state index contributed by atoms with van der Waals surface area (Å²) in [7, 11) is 0. The van der Waals surface area contributed by atoms with Crippen LogP contribution < -0.4 is 14.8 Å². The highest BCUT2D eigenvalue weighted by atomic mass is 16.5. The number of nitrogens with one attached hydrogen (secondary N) is 1. The molecule has 0 saturated carbocycles. The minimum atomic E-state index is 0.180. The molecular weight excluding hydrogens is 262 g/mol. The Morgan fingerprint density at radius 1 is 1.05 bits per heavy atom. The average Bonchev–Trinajstić information content (AvgIpc) is 2.46. The zero-order chi connectivity index (χ0) is 15.1. The standard InChI is InChI=1S/C18H23NO2/c1-4-20-18-11-6-5-8-15(18)13-19-16-9-7-10-17(12-16)21-14(2)3/h5-12,14,19H,4,13H2,1-3H3. The molecule has 0 heterocycles. The van der Waals surface area contributed by atoms with Gasteiger partial charge in [0.2, 0.25) is 0 Å². The normalized spacial score (nSPS) is 10.5. The molecule has 21 heavy (non-hydrogen) atoms. The van der Waals surface area contributed by atoms with Crippen molar-refractivity contribution in [1.29, 1.82) is 0 Å². The Hall–Kier alpha value is -2.16. The maximum Gasteiger partial charge on any atom is 0.124 e. The summed E-state index contributed by atoms with van der Waals surface area (Å²) < 4.78 is 11.3. The van der Waals surface area contributed by atoms with Crippen molar-refractivity contribution in [2.45, 2.75) is 33.4 Å². The van der Waals surface area contributed by atoms with Crippen LogP contribution in [-0.4, -0.2) is 12.7 Å². The molecule has 0 aromatic heterocycles. The van der Waals surface area contributed by atoms with E-state index in [4.69, 9.17) is 9.47 Å². The van der Waals surface area contributed by atoms with Crippen LogP contribution in [0, 0.1) is 0 Å². The largest absolute Gasteiger partial charge is 0.494 e. The fourth-order valence-corrected chi connectivity index (χ4v) is 2.10. The molecule has 0 fully saturated rings. The van der Waals surface area contributed by atoms with Gasteiger partial charge in [0, 0.05) is 23.9 Å². The SMILES string of the molecule is CCOc1ccccc1CNc1cccc(OC(C)C)c1. The van der Waals surface area contributed by atoms with Gasteiger partial charge in [-0.1, -0.05) is 24.3 Å². The Morgan fingerprint density at radius 3 is 2.62 bits per heavy atom. The first kappa shape index (κ1) is 15.2. The molecule has 0 aliphatic rings. The van der Waals surface area contributed by atoms with Crippen LogP contribution in [0.3, 0.4) is 0 Å². The molecule has 1 N–H and O–H groups in total. The Balaban J connectivity index is 2.03. The van der Waals surface area contributed by atoms with Gasteiger partial charge in [0.15, 0.2) is 0 Å². The maximum atomic E-state index is 5.70. The van der Waals surface area contributed by atoms with E-state index in [0.717, 1.165) is 29.3 Å². The summed E-state index contributed by atoms with van der Waals surface area (Å²) in [6.07, 6.45) is 0.180. The van der Waals surface area contributed by atoms with Gasteiger partial charge >= 0.3 is 0 Å². The van der Waals surface area contributed by atoms with Crippen LogP contribution in [0.4, 0.5) is 5.69 Å². The van der Waals surface area contributed by atoms with Crippen LogP contribution >= 0.6 is 0 Å². The summed E-state index contributed by atoms with van der Waals surface area (Å²) in [4.78, 5) is 0. The van der Waals surface area contributed by atoms with E-state index in [1.165, 1.54) is 0 Å². The van der Waals surface area contributed by atoms with Crippen LogP contribution in [0.5, 0.6) is 11.5 Å². The van der Waals surface area contributed by atoms with Crippen molar-refractivity contribution in [2.24, 2.45) is 0 Å². The smallest absolute Gasteiger partial charge is 0.124 e. The van der Waals surface area contributed by atoms with Crippen molar-refractivity contribution in [1.82, 2.24) is 0 Å². The molecule has 0 saturated heterocycles. The molecule has 2 aromatic rings. The third-order valence-corrected chi connectivity index (χ3v) is 2.96. The van der Waals surface area contributed by atoms with Crippen molar-refractivity contribution in [3.8, 4) is 11.5 Å². The van der Waals surface area contributed by atoms with Gasteiger partial charge in [0.1, 0.15) is 11.5 Å². The Morgan fingerprint density at radius 2 is 1.86 bits per heavy atom. The first-order valence-corrected chi connectivity index (χ1v) is 7.40. The third kappa shape index (κ3) is 4.71. The van der Waals surface area contributed by atoms with Crippen molar-refractivity contribution >= 4 is 5.69 Å². The Kier molecular flexibility index (Phi) is 5.50. The summed E-state index contributed by atoms with van der Waals surface area (Å²) in [5.41, 5.74) is 2.19. The number of rotatable bonds is 7. The Bertz CT molecular complexity index is 567. The molecule has 0 aliphatic heterocycles. The molecule has 0 spiro atoms. The second-order valence-electron chi connectivity index (χ2n) is 5.09. The molecular formula is C18H23NO2. The highest BCUT2D eigenvalue weighted by Gasteiger charge is 2.03. The van der Waals surface area contributed by atoms with E-state index in [1.807, 2.05) is 63.2 Å². The average molecular weight is 285 g/mol. The fourth-order valence-electron chi connectivity index (χ4n) is 2.10. The molecule has 0 unspecified atom stereocenters. The number of anilines is 1. The second-order valence-corrected chi connectivity index (χ2v) is 5.09. The first-order chi connectivity index (χ1) is 10.2. The maximum absolute atomic E-state index is 5.70. The highest BCUT2D eigenvalue weighted by Crippen LogP contribution is 2.22. The third-order valence-electron chi connectivity index (χ3n) is 2.96.